The Kier molecular flexibility index (Phi) is 4.05. The summed E-state index contributed by atoms with van der Waals surface area (Å²) < 4.78 is 6.24. The molecule has 2 rings (SSSR count). The third kappa shape index (κ3) is 3.06. The molecule has 2 aliphatic rings. The van der Waals surface area contributed by atoms with Gasteiger partial charge in [0, 0.05) is 12.6 Å². The van der Waals surface area contributed by atoms with Crippen molar-refractivity contribution in [1.29, 1.82) is 0 Å². The van der Waals surface area contributed by atoms with Crippen molar-refractivity contribution in [3.05, 3.63) is 0 Å². The molecule has 2 unspecified atom stereocenters. The Bertz CT molecular complexity index is 286. The second-order valence-corrected chi connectivity index (χ2v) is 7.25. The molecular weight excluding hydrogens is 224 g/mol. The lowest BCUT2D eigenvalue weighted by Gasteiger charge is -2.41. The molecule has 18 heavy (non-hydrogen) atoms. The zero-order valence-corrected chi connectivity index (χ0v) is 12.8. The Hall–Kier alpha value is -0.120. The highest BCUT2D eigenvalue weighted by molar-refractivity contribution is 5.01. The molecule has 1 N–H and O–H groups in total. The molecule has 0 aromatic carbocycles. The molecule has 3 heteroatoms. The van der Waals surface area contributed by atoms with Gasteiger partial charge in [0.15, 0.2) is 0 Å². The molecule has 0 amide bonds. The maximum absolute atomic E-state index is 6.24. The Morgan fingerprint density at radius 2 is 2.00 bits per heavy atom. The SMILES string of the molecule is CNCC1CCCN(C2CC(C)(C)OC2(C)C)C1. The van der Waals surface area contributed by atoms with E-state index in [1.807, 2.05) is 0 Å². The fourth-order valence-electron chi connectivity index (χ4n) is 3.94. The van der Waals surface area contributed by atoms with Gasteiger partial charge < -0.3 is 10.1 Å². The van der Waals surface area contributed by atoms with E-state index in [4.69, 9.17) is 4.74 Å². The van der Waals surface area contributed by atoms with Gasteiger partial charge >= 0.3 is 0 Å². The average molecular weight is 254 g/mol. The van der Waals surface area contributed by atoms with Crippen LogP contribution in [0.3, 0.4) is 0 Å². The van der Waals surface area contributed by atoms with Crippen molar-refractivity contribution in [3.63, 3.8) is 0 Å². The van der Waals surface area contributed by atoms with Crippen molar-refractivity contribution in [3.8, 4) is 0 Å². The predicted molar refractivity (Wildman–Crippen MR) is 75.9 cm³/mol. The monoisotopic (exact) mass is 254 g/mol. The van der Waals surface area contributed by atoms with Crippen molar-refractivity contribution >= 4 is 0 Å². The summed E-state index contributed by atoms with van der Waals surface area (Å²) in [5, 5.41) is 3.33. The molecule has 2 atom stereocenters. The van der Waals surface area contributed by atoms with Crippen LogP contribution in [0.15, 0.2) is 0 Å². The number of nitrogens with zero attached hydrogens (tertiary/aromatic N) is 1. The molecule has 0 aromatic heterocycles. The fourth-order valence-corrected chi connectivity index (χ4v) is 3.94. The number of ether oxygens (including phenoxy) is 1. The first-order valence-corrected chi connectivity index (χ1v) is 7.43. The van der Waals surface area contributed by atoms with E-state index in [9.17, 15) is 0 Å². The van der Waals surface area contributed by atoms with E-state index >= 15 is 0 Å². The van der Waals surface area contributed by atoms with Crippen LogP contribution in [0.2, 0.25) is 0 Å². The second kappa shape index (κ2) is 5.10. The molecule has 0 bridgehead atoms. The number of hydrogen-bond donors (Lipinski definition) is 1. The second-order valence-electron chi connectivity index (χ2n) is 7.25. The zero-order valence-electron chi connectivity index (χ0n) is 12.8. The minimum absolute atomic E-state index is 0.00890. The Morgan fingerprint density at radius 1 is 1.28 bits per heavy atom. The minimum Gasteiger partial charge on any atom is -0.368 e. The van der Waals surface area contributed by atoms with Crippen LogP contribution in [-0.2, 0) is 4.74 Å². The van der Waals surface area contributed by atoms with E-state index in [2.05, 4.69) is 45.0 Å². The highest BCUT2D eigenvalue weighted by Gasteiger charge is 2.48. The van der Waals surface area contributed by atoms with Crippen molar-refractivity contribution in [2.75, 3.05) is 26.7 Å². The third-order valence-corrected chi connectivity index (χ3v) is 4.51. The van der Waals surface area contributed by atoms with Crippen molar-refractivity contribution in [2.45, 2.75) is 64.2 Å². The van der Waals surface area contributed by atoms with Gasteiger partial charge in [-0.2, -0.15) is 0 Å². The van der Waals surface area contributed by atoms with Crippen LogP contribution in [0, 0.1) is 5.92 Å². The summed E-state index contributed by atoms with van der Waals surface area (Å²) in [4.78, 5) is 2.68. The van der Waals surface area contributed by atoms with Gasteiger partial charge in [0.25, 0.3) is 0 Å². The Balaban J connectivity index is 2.02. The molecular formula is C15H30N2O. The standard InChI is InChI=1S/C15H30N2O/c1-14(2)9-13(15(3,4)18-14)17-8-6-7-12(11-17)10-16-5/h12-13,16H,6-11H2,1-5H3. The zero-order chi connectivity index (χ0) is 13.4. The molecule has 2 saturated heterocycles. The third-order valence-electron chi connectivity index (χ3n) is 4.51. The predicted octanol–water partition coefficient (Wildman–Crippen LogP) is 2.26. The molecule has 2 fully saturated rings. The average Bonchev–Trinajstić information content (AvgIpc) is 2.48. The summed E-state index contributed by atoms with van der Waals surface area (Å²) in [5.74, 6) is 0.809. The minimum atomic E-state index is -0.00890. The lowest BCUT2D eigenvalue weighted by molar-refractivity contribution is -0.0833. The van der Waals surface area contributed by atoms with Crippen molar-refractivity contribution in [1.82, 2.24) is 10.2 Å². The number of nitrogens with one attached hydrogen (secondary N) is 1. The van der Waals surface area contributed by atoms with E-state index < -0.39 is 0 Å². The van der Waals surface area contributed by atoms with Gasteiger partial charge in [-0.25, -0.2) is 0 Å². The highest BCUT2D eigenvalue weighted by atomic mass is 16.5. The highest BCUT2D eigenvalue weighted by Crippen LogP contribution is 2.41. The molecule has 2 aliphatic heterocycles. The topological polar surface area (TPSA) is 24.5 Å². The van der Waals surface area contributed by atoms with Gasteiger partial charge in [0.05, 0.1) is 11.2 Å². The van der Waals surface area contributed by atoms with Gasteiger partial charge in [0.1, 0.15) is 0 Å². The lowest BCUT2D eigenvalue weighted by atomic mass is 9.89. The van der Waals surface area contributed by atoms with E-state index in [1.165, 1.54) is 25.9 Å². The number of piperidine rings is 1. The number of rotatable bonds is 3. The Morgan fingerprint density at radius 3 is 2.56 bits per heavy atom. The molecule has 106 valence electrons. The van der Waals surface area contributed by atoms with E-state index in [0.29, 0.717) is 6.04 Å². The summed E-state index contributed by atoms with van der Waals surface area (Å²) in [5.41, 5.74) is 0.0230. The Labute approximate surface area is 112 Å². The van der Waals surface area contributed by atoms with Crippen LogP contribution in [0.5, 0.6) is 0 Å². The fraction of sp³-hybridized carbons (Fsp3) is 1.00. The van der Waals surface area contributed by atoms with Gasteiger partial charge in [-0.05, 0) is 73.0 Å². The van der Waals surface area contributed by atoms with Gasteiger partial charge in [-0.15, -0.1) is 0 Å². The first-order chi connectivity index (χ1) is 8.34. The molecule has 0 aromatic rings. The van der Waals surface area contributed by atoms with E-state index in [0.717, 1.165) is 18.9 Å². The molecule has 2 heterocycles. The van der Waals surface area contributed by atoms with E-state index in [1.54, 1.807) is 0 Å². The number of hydrogen-bond acceptors (Lipinski definition) is 3. The van der Waals surface area contributed by atoms with E-state index in [-0.39, 0.29) is 11.2 Å². The molecule has 0 saturated carbocycles. The molecule has 0 spiro atoms. The van der Waals surface area contributed by atoms with Crippen LogP contribution in [0.1, 0.15) is 47.0 Å². The van der Waals surface area contributed by atoms with Crippen molar-refractivity contribution < 1.29 is 4.74 Å². The largest absolute Gasteiger partial charge is 0.368 e. The maximum atomic E-state index is 6.24. The van der Waals surface area contributed by atoms with Crippen LogP contribution in [-0.4, -0.2) is 48.8 Å². The number of likely N-dealkylation sites (tertiary alicyclic amines) is 1. The van der Waals surface area contributed by atoms with Crippen LogP contribution >= 0.6 is 0 Å². The van der Waals surface area contributed by atoms with Gasteiger partial charge in [-0.1, -0.05) is 0 Å². The molecule has 0 radical (unpaired) electrons. The van der Waals surface area contributed by atoms with Crippen molar-refractivity contribution in [2.24, 2.45) is 5.92 Å². The molecule has 0 aliphatic carbocycles. The van der Waals surface area contributed by atoms with Crippen LogP contribution in [0.25, 0.3) is 0 Å². The van der Waals surface area contributed by atoms with Crippen LogP contribution < -0.4 is 5.32 Å². The summed E-state index contributed by atoms with van der Waals surface area (Å²) in [6.07, 6.45) is 3.86. The summed E-state index contributed by atoms with van der Waals surface area (Å²) in [7, 11) is 2.06. The maximum Gasteiger partial charge on any atom is 0.0789 e. The first kappa shape index (κ1) is 14.3. The smallest absolute Gasteiger partial charge is 0.0789 e. The van der Waals surface area contributed by atoms with Gasteiger partial charge in [-0.3, -0.25) is 4.90 Å². The summed E-state index contributed by atoms with van der Waals surface area (Å²) >= 11 is 0. The summed E-state index contributed by atoms with van der Waals surface area (Å²) in [6, 6.07) is 0.576. The van der Waals surface area contributed by atoms with Crippen LogP contribution in [0.4, 0.5) is 0 Å². The quantitative estimate of drug-likeness (QED) is 0.836. The normalized spacial score (nSPS) is 35.8. The lowest BCUT2D eigenvalue weighted by Crippen LogP contribution is -2.51. The van der Waals surface area contributed by atoms with Gasteiger partial charge in [0.2, 0.25) is 0 Å². The summed E-state index contributed by atoms with van der Waals surface area (Å²) in [6.45, 7) is 12.6. The first-order valence-electron chi connectivity index (χ1n) is 7.43. The molecule has 3 nitrogen and oxygen atoms in total.